The molecule has 1 amide bonds. The van der Waals surface area contributed by atoms with Crippen molar-refractivity contribution in [1.29, 1.82) is 0 Å². The maximum atomic E-state index is 12.8. The maximum absolute atomic E-state index is 12.8. The van der Waals surface area contributed by atoms with Crippen LogP contribution in [0.1, 0.15) is 17.3 Å². The lowest BCUT2D eigenvalue weighted by Crippen LogP contribution is -2.30. The van der Waals surface area contributed by atoms with Gasteiger partial charge in [-0.3, -0.25) is 4.79 Å². The Morgan fingerprint density at radius 3 is 2.22 bits per heavy atom. The Labute approximate surface area is 133 Å². The summed E-state index contributed by atoms with van der Waals surface area (Å²) in [7, 11) is 1.30. The predicted octanol–water partition coefficient (Wildman–Crippen LogP) is 3.02. The van der Waals surface area contributed by atoms with Crippen LogP contribution in [0.15, 0.2) is 48.5 Å². The van der Waals surface area contributed by atoms with Crippen LogP contribution >= 0.6 is 0 Å². The molecule has 120 valence electrons. The third-order valence-electron chi connectivity index (χ3n) is 3.07. The Bertz CT molecular complexity index is 683. The molecule has 2 aromatic carbocycles. The topological polar surface area (TPSA) is 64.6 Å². The van der Waals surface area contributed by atoms with Gasteiger partial charge in [-0.15, -0.1) is 0 Å². The monoisotopic (exact) mass is 317 g/mol. The molecule has 0 aromatic heterocycles. The van der Waals surface area contributed by atoms with Crippen LogP contribution in [-0.2, 0) is 9.53 Å². The molecule has 0 unspecified atom stereocenters. The summed E-state index contributed by atoms with van der Waals surface area (Å²) < 4.78 is 22.9. The molecule has 0 aliphatic carbocycles. The van der Waals surface area contributed by atoms with Crippen molar-refractivity contribution in [3.63, 3.8) is 0 Å². The summed E-state index contributed by atoms with van der Waals surface area (Å²) in [5.74, 6) is -0.746. The van der Waals surface area contributed by atoms with E-state index in [0.29, 0.717) is 17.0 Å². The van der Waals surface area contributed by atoms with Gasteiger partial charge in [0.15, 0.2) is 6.10 Å². The molecule has 2 rings (SSSR count). The molecule has 0 fully saturated rings. The highest BCUT2D eigenvalue weighted by atomic mass is 19.1. The normalized spacial score (nSPS) is 11.4. The Morgan fingerprint density at radius 1 is 1.04 bits per heavy atom. The Hall–Kier alpha value is -2.89. The van der Waals surface area contributed by atoms with E-state index in [1.165, 1.54) is 31.4 Å². The second-order valence-corrected chi connectivity index (χ2v) is 4.77. The van der Waals surface area contributed by atoms with Gasteiger partial charge < -0.3 is 14.8 Å². The molecule has 0 aliphatic rings. The number of methoxy groups -OCH3 is 1. The highest BCUT2D eigenvalue weighted by Gasteiger charge is 2.15. The minimum absolute atomic E-state index is 0.367. The number of amides is 1. The number of hydrogen-bond acceptors (Lipinski definition) is 4. The number of carbonyl (C=O) groups excluding carboxylic acids is 2. The molecule has 2 aromatic rings. The highest BCUT2D eigenvalue weighted by molar-refractivity contribution is 5.94. The van der Waals surface area contributed by atoms with Gasteiger partial charge in [0.1, 0.15) is 11.6 Å². The van der Waals surface area contributed by atoms with Crippen molar-refractivity contribution in [2.24, 2.45) is 0 Å². The smallest absolute Gasteiger partial charge is 0.337 e. The number of benzene rings is 2. The molecule has 0 spiro atoms. The molecule has 1 atom stereocenters. The van der Waals surface area contributed by atoms with E-state index in [1.54, 1.807) is 31.2 Å². The fourth-order valence-electron chi connectivity index (χ4n) is 1.82. The minimum Gasteiger partial charge on any atom is -0.481 e. The zero-order valence-corrected chi connectivity index (χ0v) is 12.7. The van der Waals surface area contributed by atoms with E-state index in [2.05, 4.69) is 10.1 Å². The van der Waals surface area contributed by atoms with Crippen molar-refractivity contribution in [3.8, 4) is 5.75 Å². The summed E-state index contributed by atoms with van der Waals surface area (Å²) in [5.41, 5.74) is 0.871. The van der Waals surface area contributed by atoms with Crippen LogP contribution in [0, 0.1) is 5.82 Å². The number of halogens is 1. The molecular weight excluding hydrogens is 301 g/mol. The van der Waals surface area contributed by atoms with Crippen molar-refractivity contribution in [3.05, 3.63) is 59.9 Å². The third-order valence-corrected chi connectivity index (χ3v) is 3.07. The fraction of sp³-hybridized carbons (Fsp3) is 0.176. The van der Waals surface area contributed by atoms with E-state index in [0.717, 1.165) is 0 Å². The van der Waals surface area contributed by atoms with Crippen molar-refractivity contribution < 1.29 is 23.5 Å². The van der Waals surface area contributed by atoms with Gasteiger partial charge in [0.2, 0.25) is 0 Å². The van der Waals surface area contributed by atoms with Crippen LogP contribution in [0.25, 0.3) is 0 Å². The van der Waals surface area contributed by atoms with Gasteiger partial charge >= 0.3 is 5.97 Å². The standard InChI is InChI=1S/C17H16FNO4/c1-11(16(20)19-14-7-5-13(18)6-8-14)23-15-9-3-12(4-10-15)17(21)22-2/h3-11H,1-2H3,(H,19,20)/t11-/m0/s1. The number of nitrogens with one attached hydrogen (secondary N) is 1. The molecule has 0 radical (unpaired) electrons. The summed E-state index contributed by atoms with van der Waals surface area (Å²) in [6.07, 6.45) is -0.760. The largest absolute Gasteiger partial charge is 0.481 e. The van der Waals surface area contributed by atoms with Crippen molar-refractivity contribution in [2.75, 3.05) is 12.4 Å². The van der Waals surface area contributed by atoms with Gasteiger partial charge in [0.25, 0.3) is 5.91 Å². The molecule has 5 nitrogen and oxygen atoms in total. The average molecular weight is 317 g/mol. The van der Waals surface area contributed by atoms with Gasteiger partial charge in [0, 0.05) is 5.69 Å². The SMILES string of the molecule is COC(=O)c1ccc(O[C@@H](C)C(=O)Nc2ccc(F)cc2)cc1. The van der Waals surface area contributed by atoms with E-state index in [1.807, 2.05) is 0 Å². The van der Waals surface area contributed by atoms with Gasteiger partial charge in [-0.1, -0.05) is 0 Å². The lowest BCUT2D eigenvalue weighted by atomic mass is 10.2. The van der Waals surface area contributed by atoms with E-state index < -0.39 is 12.1 Å². The zero-order chi connectivity index (χ0) is 16.8. The molecular formula is C17H16FNO4. The molecule has 0 saturated carbocycles. The van der Waals surface area contributed by atoms with Crippen LogP contribution in [0.5, 0.6) is 5.75 Å². The molecule has 0 heterocycles. The maximum Gasteiger partial charge on any atom is 0.337 e. The zero-order valence-electron chi connectivity index (χ0n) is 12.7. The first-order valence-electron chi connectivity index (χ1n) is 6.91. The van der Waals surface area contributed by atoms with E-state index in [4.69, 9.17) is 4.74 Å². The third kappa shape index (κ3) is 4.54. The first kappa shape index (κ1) is 16.5. The van der Waals surface area contributed by atoms with Crippen LogP contribution in [-0.4, -0.2) is 25.1 Å². The van der Waals surface area contributed by atoms with E-state index in [9.17, 15) is 14.0 Å². The van der Waals surface area contributed by atoms with Crippen LogP contribution in [0.3, 0.4) is 0 Å². The van der Waals surface area contributed by atoms with Gasteiger partial charge in [0.05, 0.1) is 12.7 Å². The first-order valence-corrected chi connectivity index (χ1v) is 6.91. The van der Waals surface area contributed by atoms with E-state index >= 15 is 0 Å². The van der Waals surface area contributed by atoms with Gasteiger partial charge in [-0.25, -0.2) is 9.18 Å². The lowest BCUT2D eigenvalue weighted by molar-refractivity contribution is -0.122. The molecule has 0 aliphatic heterocycles. The Morgan fingerprint density at radius 2 is 1.65 bits per heavy atom. The quantitative estimate of drug-likeness (QED) is 0.861. The molecule has 1 N–H and O–H groups in total. The van der Waals surface area contributed by atoms with Gasteiger partial charge in [-0.2, -0.15) is 0 Å². The second kappa shape index (κ2) is 7.40. The fourth-order valence-corrected chi connectivity index (χ4v) is 1.82. The average Bonchev–Trinajstić information content (AvgIpc) is 2.56. The molecule has 0 bridgehead atoms. The van der Waals surface area contributed by atoms with Crippen LogP contribution in [0.2, 0.25) is 0 Å². The van der Waals surface area contributed by atoms with E-state index in [-0.39, 0.29) is 11.7 Å². The molecule has 6 heteroatoms. The summed E-state index contributed by atoms with van der Waals surface area (Å²) in [6.45, 7) is 1.59. The number of anilines is 1. The Kier molecular flexibility index (Phi) is 5.30. The number of carbonyl (C=O) groups is 2. The summed E-state index contributed by atoms with van der Waals surface area (Å²) in [6, 6.07) is 11.7. The Balaban J connectivity index is 1.95. The number of hydrogen-bond donors (Lipinski definition) is 1. The number of rotatable bonds is 5. The van der Waals surface area contributed by atoms with Crippen molar-refractivity contribution >= 4 is 17.6 Å². The first-order chi connectivity index (χ1) is 11.0. The van der Waals surface area contributed by atoms with Crippen molar-refractivity contribution in [1.82, 2.24) is 0 Å². The van der Waals surface area contributed by atoms with Gasteiger partial charge in [-0.05, 0) is 55.5 Å². The van der Waals surface area contributed by atoms with Crippen LogP contribution < -0.4 is 10.1 Å². The predicted molar refractivity (Wildman–Crippen MR) is 82.9 cm³/mol. The second-order valence-electron chi connectivity index (χ2n) is 4.77. The molecule has 0 saturated heterocycles. The van der Waals surface area contributed by atoms with Crippen molar-refractivity contribution in [2.45, 2.75) is 13.0 Å². The lowest BCUT2D eigenvalue weighted by Gasteiger charge is -2.15. The summed E-state index contributed by atoms with van der Waals surface area (Å²) in [4.78, 5) is 23.3. The molecule has 23 heavy (non-hydrogen) atoms. The summed E-state index contributed by atoms with van der Waals surface area (Å²) in [5, 5.41) is 2.62. The number of ether oxygens (including phenoxy) is 2. The number of esters is 1. The minimum atomic E-state index is -0.760. The van der Waals surface area contributed by atoms with Crippen LogP contribution in [0.4, 0.5) is 10.1 Å². The summed E-state index contributed by atoms with van der Waals surface area (Å²) >= 11 is 0. The highest BCUT2D eigenvalue weighted by Crippen LogP contribution is 2.15.